The normalized spacial score (nSPS) is 12.1. The molecule has 0 saturated carbocycles. The van der Waals surface area contributed by atoms with Gasteiger partial charge in [-0.1, -0.05) is 128 Å². The van der Waals surface area contributed by atoms with Crippen molar-refractivity contribution in [2.24, 2.45) is 0 Å². The first-order chi connectivity index (χ1) is 20.7. The standard InChI is InChI=1S/C41H31N/c1-3-30(19-18-29(2)42(34-13-6-4-7-14-34)35-15-8-5-9-16-35)33-21-20-32-23-25-39-38-24-22-31-12-10-11-17-36(31)37(38)26-27-40(39)41(32)28-33/h3-28H,2H2,1H3/b19-18-,30-3+. The van der Waals surface area contributed by atoms with Gasteiger partial charge < -0.3 is 4.90 Å². The molecule has 7 aromatic rings. The van der Waals surface area contributed by atoms with E-state index in [2.05, 4.69) is 164 Å². The molecule has 0 saturated heterocycles. The minimum Gasteiger partial charge on any atom is -0.311 e. The van der Waals surface area contributed by atoms with Gasteiger partial charge in [-0.2, -0.15) is 0 Å². The number of para-hydroxylation sites is 2. The maximum atomic E-state index is 4.46. The number of nitrogens with zero attached hydrogens (tertiary/aromatic N) is 1. The second-order valence-corrected chi connectivity index (χ2v) is 10.6. The Morgan fingerprint density at radius 2 is 1.00 bits per heavy atom. The maximum absolute atomic E-state index is 4.46. The van der Waals surface area contributed by atoms with Gasteiger partial charge in [-0.05, 0) is 97.6 Å². The number of hydrogen-bond acceptors (Lipinski definition) is 1. The fraction of sp³-hybridized carbons (Fsp3) is 0.0244. The van der Waals surface area contributed by atoms with Crippen LogP contribution < -0.4 is 4.90 Å². The van der Waals surface area contributed by atoms with Gasteiger partial charge in [-0.3, -0.25) is 0 Å². The second kappa shape index (κ2) is 10.9. The molecular weight excluding hydrogens is 506 g/mol. The molecule has 7 rings (SSSR count). The number of fused-ring (bicyclic) bond motifs is 7. The molecule has 0 heterocycles. The quantitative estimate of drug-likeness (QED) is 0.151. The van der Waals surface area contributed by atoms with Gasteiger partial charge in [0.05, 0.1) is 0 Å². The zero-order chi connectivity index (χ0) is 28.5. The first-order valence-corrected chi connectivity index (χ1v) is 14.4. The van der Waals surface area contributed by atoms with Gasteiger partial charge in [0.25, 0.3) is 0 Å². The summed E-state index contributed by atoms with van der Waals surface area (Å²) in [5.41, 5.74) is 5.40. The van der Waals surface area contributed by atoms with Crippen LogP contribution >= 0.6 is 0 Å². The highest BCUT2D eigenvalue weighted by molar-refractivity contribution is 6.22. The summed E-state index contributed by atoms with van der Waals surface area (Å²) in [7, 11) is 0. The smallest absolute Gasteiger partial charge is 0.0461 e. The Balaban J connectivity index is 1.28. The minimum absolute atomic E-state index is 0.900. The Morgan fingerprint density at radius 1 is 0.500 bits per heavy atom. The Kier molecular flexibility index (Phi) is 6.62. The van der Waals surface area contributed by atoms with Gasteiger partial charge >= 0.3 is 0 Å². The number of allylic oxidation sites excluding steroid dienone is 4. The SMILES string of the molecule is C=C(/C=C\C(=C/C)c1ccc2ccc3c(ccc4c5ccccc5ccc43)c2c1)N(c1ccccc1)c1ccccc1. The zero-order valence-corrected chi connectivity index (χ0v) is 23.7. The lowest BCUT2D eigenvalue weighted by molar-refractivity contribution is 1.22. The summed E-state index contributed by atoms with van der Waals surface area (Å²) in [6, 6.07) is 49.8. The highest BCUT2D eigenvalue weighted by Gasteiger charge is 2.12. The van der Waals surface area contributed by atoms with E-state index in [0.717, 1.165) is 22.6 Å². The van der Waals surface area contributed by atoms with Crippen LogP contribution in [0.5, 0.6) is 0 Å². The lowest BCUT2D eigenvalue weighted by Crippen LogP contribution is -2.14. The Bertz CT molecular complexity index is 2110. The van der Waals surface area contributed by atoms with Gasteiger partial charge in [0.15, 0.2) is 0 Å². The third kappa shape index (κ3) is 4.56. The van der Waals surface area contributed by atoms with Gasteiger partial charge in [-0.25, -0.2) is 0 Å². The van der Waals surface area contributed by atoms with Crippen molar-refractivity contribution in [1.82, 2.24) is 0 Å². The maximum Gasteiger partial charge on any atom is 0.0461 e. The first-order valence-electron chi connectivity index (χ1n) is 14.4. The number of rotatable bonds is 6. The van der Waals surface area contributed by atoms with Crippen LogP contribution in [0.15, 0.2) is 170 Å². The molecule has 1 heteroatoms. The molecule has 0 atom stereocenters. The number of hydrogen-bond donors (Lipinski definition) is 0. The van der Waals surface area contributed by atoms with Crippen LogP contribution in [0.1, 0.15) is 12.5 Å². The number of benzene rings is 7. The van der Waals surface area contributed by atoms with E-state index in [1.807, 2.05) is 12.1 Å². The second-order valence-electron chi connectivity index (χ2n) is 10.6. The van der Waals surface area contributed by atoms with Crippen molar-refractivity contribution in [1.29, 1.82) is 0 Å². The molecule has 0 N–H and O–H groups in total. The molecule has 0 spiro atoms. The van der Waals surface area contributed by atoms with Gasteiger partial charge in [-0.15, -0.1) is 0 Å². The molecule has 200 valence electrons. The van der Waals surface area contributed by atoms with Crippen molar-refractivity contribution < 1.29 is 0 Å². The summed E-state index contributed by atoms with van der Waals surface area (Å²) >= 11 is 0. The van der Waals surface area contributed by atoms with Crippen molar-refractivity contribution in [2.75, 3.05) is 4.90 Å². The third-order valence-electron chi connectivity index (χ3n) is 8.16. The van der Waals surface area contributed by atoms with Crippen LogP contribution in [0.4, 0.5) is 11.4 Å². The van der Waals surface area contributed by atoms with E-state index < -0.39 is 0 Å². The van der Waals surface area contributed by atoms with E-state index in [1.54, 1.807) is 0 Å². The van der Waals surface area contributed by atoms with Crippen molar-refractivity contribution in [3.05, 3.63) is 176 Å². The average Bonchev–Trinajstić information content (AvgIpc) is 3.05. The Hall–Kier alpha value is -5.40. The van der Waals surface area contributed by atoms with Crippen LogP contribution in [-0.2, 0) is 0 Å². The highest BCUT2D eigenvalue weighted by Crippen LogP contribution is 2.36. The molecule has 0 fully saturated rings. The third-order valence-corrected chi connectivity index (χ3v) is 8.16. The molecule has 0 aliphatic heterocycles. The molecule has 0 aromatic heterocycles. The summed E-state index contributed by atoms with van der Waals surface area (Å²) in [5.74, 6) is 0. The fourth-order valence-corrected chi connectivity index (χ4v) is 6.07. The molecular formula is C41H31N. The summed E-state index contributed by atoms with van der Waals surface area (Å²) in [6.45, 7) is 6.56. The fourth-order valence-electron chi connectivity index (χ4n) is 6.07. The molecule has 0 bridgehead atoms. The lowest BCUT2D eigenvalue weighted by atomic mass is 9.92. The van der Waals surface area contributed by atoms with Crippen molar-refractivity contribution in [2.45, 2.75) is 6.92 Å². The van der Waals surface area contributed by atoms with E-state index in [-0.39, 0.29) is 0 Å². The van der Waals surface area contributed by atoms with Crippen LogP contribution in [-0.4, -0.2) is 0 Å². The molecule has 0 aliphatic rings. The summed E-state index contributed by atoms with van der Waals surface area (Å²) in [5, 5.41) is 10.2. The molecule has 7 aromatic carbocycles. The van der Waals surface area contributed by atoms with Gasteiger partial charge in [0, 0.05) is 17.1 Å². The monoisotopic (exact) mass is 537 g/mol. The van der Waals surface area contributed by atoms with E-state index in [0.29, 0.717) is 0 Å². The minimum atomic E-state index is 0.900. The summed E-state index contributed by atoms with van der Waals surface area (Å²) < 4.78 is 0. The largest absolute Gasteiger partial charge is 0.311 e. The van der Waals surface area contributed by atoms with Crippen LogP contribution in [0.3, 0.4) is 0 Å². The molecule has 42 heavy (non-hydrogen) atoms. The number of anilines is 2. The van der Waals surface area contributed by atoms with Crippen molar-refractivity contribution in [3.63, 3.8) is 0 Å². The van der Waals surface area contributed by atoms with E-state index >= 15 is 0 Å². The van der Waals surface area contributed by atoms with Crippen molar-refractivity contribution in [3.8, 4) is 0 Å². The average molecular weight is 538 g/mol. The van der Waals surface area contributed by atoms with Gasteiger partial charge in [0.2, 0.25) is 0 Å². The van der Waals surface area contributed by atoms with Crippen LogP contribution in [0, 0.1) is 0 Å². The van der Waals surface area contributed by atoms with E-state index in [4.69, 9.17) is 0 Å². The van der Waals surface area contributed by atoms with Crippen LogP contribution in [0.2, 0.25) is 0 Å². The predicted molar refractivity (Wildman–Crippen MR) is 183 cm³/mol. The Labute approximate surface area is 247 Å². The predicted octanol–water partition coefficient (Wildman–Crippen LogP) is 11.6. The Morgan fingerprint density at radius 3 is 1.64 bits per heavy atom. The molecule has 0 amide bonds. The lowest BCUT2D eigenvalue weighted by Gasteiger charge is -2.25. The molecule has 1 nitrogen and oxygen atoms in total. The highest BCUT2D eigenvalue weighted by atomic mass is 15.1. The summed E-state index contributed by atoms with van der Waals surface area (Å²) in [6.07, 6.45) is 6.46. The van der Waals surface area contributed by atoms with Gasteiger partial charge in [0.1, 0.15) is 0 Å². The van der Waals surface area contributed by atoms with Crippen LogP contribution in [0.25, 0.3) is 48.7 Å². The summed E-state index contributed by atoms with van der Waals surface area (Å²) in [4.78, 5) is 2.19. The molecule has 0 radical (unpaired) electrons. The van der Waals surface area contributed by atoms with E-state index in [9.17, 15) is 0 Å². The van der Waals surface area contributed by atoms with E-state index in [1.165, 1.54) is 48.7 Å². The zero-order valence-electron chi connectivity index (χ0n) is 23.7. The first kappa shape index (κ1) is 25.6. The topological polar surface area (TPSA) is 3.24 Å². The molecule has 0 unspecified atom stereocenters. The van der Waals surface area contributed by atoms with Crippen molar-refractivity contribution >= 4 is 60.0 Å². The molecule has 0 aliphatic carbocycles.